The Bertz CT molecular complexity index is 1010. The Morgan fingerprint density at radius 1 is 1.34 bits per heavy atom. The van der Waals surface area contributed by atoms with E-state index in [-0.39, 0.29) is 17.9 Å². The predicted molar refractivity (Wildman–Crippen MR) is 112 cm³/mol. The Morgan fingerprint density at radius 3 is 2.90 bits per heavy atom. The first-order valence-electron chi connectivity index (χ1n) is 9.87. The SMILES string of the molecule is Cc1ncn(C)c1-c1n[nH]c([C@H]2CCCC(N(C)C(=O)c3cccc(Cl)c3)C2)n1. The lowest BCUT2D eigenvalue weighted by Crippen LogP contribution is -2.40. The van der Waals surface area contributed by atoms with Crippen LogP contribution in [0.4, 0.5) is 0 Å². The Balaban J connectivity index is 1.49. The summed E-state index contributed by atoms with van der Waals surface area (Å²) in [6.45, 7) is 1.96. The van der Waals surface area contributed by atoms with Gasteiger partial charge in [0.25, 0.3) is 5.91 Å². The standard InChI is InChI=1S/C21H25ClN6O/c1-13-18(27(2)12-23-13)20-24-19(25-26-20)14-6-5-9-17(11-14)28(3)21(29)15-7-4-8-16(22)10-15/h4,7-8,10,12,14,17H,5-6,9,11H2,1-3H3,(H,24,25,26)/t14-,17?/m0/s1. The number of carbonyl (C=O) groups excluding carboxylic acids is 1. The lowest BCUT2D eigenvalue weighted by molar-refractivity contribution is 0.0684. The normalized spacial score (nSPS) is 19.3. The van der Waals surface area contributed by atoms with Crippen LogP contribution in [0.15, 0.2) is 30.6 Å². The molecule has 29 heavy (non-hydrogen) atoms. The minimum absolute atomic E-state index is 0.00178. The first-order chi connectivity index (χ1) is 13.9. The van der Waals surface area contributed by atoms with Crippen LogP contribution in [-0.4, -0.2) is 48.6 Å². The van der Waals surface area contributed by atoms with Crippen LogP contribution in [0.1, 0.15) is 53.5 Å². The summed E-state index contributed by atoms with van der Waals surface area (Å²) in [4.78, 5) is 23.8. The van der Waals surface area contributed by atoms with Crippen molar-refractivity contribution in [2.75, 3.05) is 7.05 Å². The van der Waals surface area contributed by atoms with Gasteiger partial charge in [0.15, 0.2) is 5.82 Å². The number of hydrogen-bond acceptors (Lipinski definition) is 4. The van der Waals surface area contributed by atoms with Crippen molar-refractivity contribution in [3.8, 4) is 11.5 Å². The number of carbonyl (C=O) groups is 1. The highest BCUT2D eigenvalue weighted by Gasteiger charge is 2.30. The van der Waals surface area contributed by atoms with Crippen molar-refractivity contribution in [1.29, 1.82) is 0 Å². The highest BCUT2D eigenvalue weighted by molar-refractivity contribution is 6.30. The van der Waals surface area contributed by atoms with E-state index in [9.17, 15) is 4.79 Å². The molecule has 1 saturated carbocycles. The summed E-state index contributed by atoms with van der Waals surface area (Å²) >= 11 is 6.05. The number of aryl methyl sites for hydroxylation is 2. The van der Waals surface area contributed by atoms with Crippen LogP contribution >= 0.6 is 11.6 Å². The maximum absolute atomic E-state index is 12.9. The second-order valence-electron chi connectivity index (χ2n) is 7.78. The van der Waals surface area contributed by atoms with Gasteiger partial charge in [0, 0.05) is 36.6 Å². The van der Waals surface area contributed by atoms with Crippen molar-refractivity contribution >= 4 is 17.5 Å². The van der Waals surface area contributed by atoms with Crippen LogP contribution in [0.3, 0.4) is 0 Å². The van der Waals surface area contributed by atoms with Gasteiger partial charge in [0.1, 0.15) is 11.5 Å². The molecule has 2 atom stereocenters. The molecular formula is C21H25ClN6O. The number of nitrogens with one attached hydrogen (secondary N) is 1. The van der Waals surface area contributed by atoms with E-state index in [1.54, 1.807) is 18.5 Å². The summed E-state index contributed by atoms with van der Waals surface area (Å²) < 4.78 is 1.93. The van der Waals surface area contributed by atoms with Gasteiger partial charge in [-0.25, -0.2) is 9.97 Å². The van der Waals surface area contributed by atoms with E-state index >= 15 is 0 Å². The monoisotopic (exact) mass is 412 g/mol. The largest absolute Gasteiger partial charge is 0.339 e. The van der Waals surface area contributed by atoms with Crippen molar-refractivity contribution in [3.63, 3.8) is 0 Å². The molecule has 8 heteroatoms. The summed E-state index contributed by atoms with van der Waals surface area (Å²) in [5.74, 6) is 1.80. The number of H-pyrrole nitrogens is 1. The van der Waals surface area contributed by atoms with Gasteiger partial charge in [-0.15, -0.1) is 0 Å². The minimum Gasteiger partial charge on any atom is -0.339 e. The molecule has 1 aliphatic rings. The van der Waals surface area contributed by atoms with Crippen LogP contribution in [0.25, 0.3) is 11.5 Å². The Kier molecular flexibility index (Phi) is 5.41. The number of rotatable bonds is 4. The number of nitrogens with zero attached hydrogens (tertiary/aromatic N) is 5. The maximum atomic E-state index is 12.9. The van der Waals surface area contributed by atoms with E-state index in [0.717, 1.165) is 42.9 Å². The van der Waals surface area contributed by atoms with Crippen LogP contribution in [0, 0.1) is 6.92 Å². The molecule has 2 heterocycles. The van der Waals surface area contributed by atoms with E-state index in [0.29, 0.717) is 16.4 Å². The number of halogens is 1. The molecule has 7 nitrogen and oxygen atoms in total. The summed E-state index contributed by atoms with van der Waals surface area (Å²) in [7, 11) is 3.82. The molecule has 1 fully saturated rings. The molecule has 3 aromatic rings. The fraction of sp³-hybridized carbons (Fsp3) is 0.429. The molecular weight excluding hydrogens is 388 g/mol. The Hall–Kier alpha value is -2.67. The smallest absolute Gasteiger partial charge is 0.253 e. The maximum Gasteiger partial charge on any atom is 0.253 e. The van der Waals surface area contributed by atoms with Crippen molar-refractivity contribution < 1.29 is 4.79 Å². The number of benzene rings is 1. The predicted octanol–water partition coefficient (Wildman–Crippen LogP) is 3.97. The first-order valence-corrected chi connectivity index (χ1v) is 10.2. The number of imidazole rings is 1. The third-order valence-corrected chi connectivity index (χ3v) is 6.04. The first kappa shape index (κ1) is 19.6. The fourth-order valence-electron chi connectivity index (χ4n) is 4.18. The third-order valence-electron chi connectivity index (χ3n) is 5.81. The Morgan fingerprint density at radius 2 is 2.17 bits per heavy atom. The molecule has 2 aromatic heterocycles. The molecule has 1 amide bonds. The third kappa shape index (κ3) is 3.92. The summed E-state index contributed by atoms with van der Waals surface area (Å²) in [5, 5.41) is 8.12. The number of hydrogen-bond donors (Lipinski definition) is 1. The van der Waals surface area contributed by atoms with Crippen LogP contribution in [0.2, 0.25) is 5.02 Å². The van der Waals surface area contributed by atoms with Gasteiger partial charge < -0.3 is 9.47 Å². The van der Waals surface area contributed by atoms with Gasteiger partial charge >= 0.3 is 0 Å². The lowest BCUT2D eigenvalue weighted by Gasteiger charge is -2.34. The second-order valence-corrected chi connectivity index (χ2v) is 8.21. The average Bonchev–Trinajstić information content (AvgIpc) is 3.33. The number of aromatic amines is 1. The summed E-state index contributed by atoms with van der Waals surface area (Å²) in [6.07, 6.45) is 5.70. The molecule has 1 aromatic carbocycles. The molecule has 0 bridgehead atoms. The van der Waals surface area contributed by atoms with E-state index in [1.807, 2.05) is 42.6 Å². The van der Waals surface area contributed by atoms with Crippen molar-refractivity contribution in [3.05, 3.63) is 52.7 Å². The molecule has 1 N–H and O–H groups in total. The molecule has 1 aliphatic carbocycles. The minimum atomic E-state index is 0.00178. The van der Waals surface area contributed by atoms with Crippen LogP contribution < -0.4 is 0 Å². The second kappa shape index (κ2) is 7.99. The zero-order chi connectivity index (χ0) is 20.5. The number of amides is 1. The molecule has 0 radical (unpaired) electrons. The molecule has 0 spiro atoms. The summed E-state index contributed by atoms with van der Waals surface area (Å²) in [6, 6.07) is 7.28. The molecule has 1 unspecified atom stereocenters. The highest BCUT2D eigenvalue weighted by atomic mass is 35.5. The van der Waals surface area contributed by atoms with Gasteiger partial charge in [-0.3, -0.25) is 9.89 Å². The van der Waals surface area contributed by atoms with Gasteiger partial charge in [0.2, 0.25) is 0 Å². The van der Waals surface area contributed by atoms with E-state index in [4.69, 9.17) is 16.6 Å². The van der Waals surface area contributed by atoms with E-state index in [1.165, 1.54) is 0 Å². The van der Waals surface area contributed by atoms with Crippen LogP contribution in [0.5, 0.6) is 0 Å². The van der Waals surface area contributed by atoms with Gasteiger partial charge in [-0.1, -0.05) is 24.1 Å². The zero-order valence-corrected chi connectivity index (χ0v) is 17.6. The van der Waals surface area contributed by atoms with Crippen LogP contribution in [-0.2, 0) is 7.05 Å². The average molecular weight is 413 g/mol. The molecule has 0 aliphatic heterocycles. The van der Waals surface area contributed by atoms with Crippen molar-refractivity contribution in [1.82, 2.24) is 29.6 Å². The lowest BCUT2D eigenvalue weighted by atomic mass is 9.84. The quantitative estimate of drug-likeness (QED) is 0.703. The van der Waals surface area contributed by atoms with E-state index < -0.39 is 0 Å². The highest BCUT2D eigenvalue weighted by Crippen LogP contribution is 2.34. The van der Waals surface area contributed by atoms with Crippen molar-refractivity contribution in [2.45, 2.75) is 44.6 Å². The van der Waals surface area contributed by atoms with Gasteiger partial charge in [-0.2, -0.15) is 5.10 Å². The fourth-order valence-corrected chi connectivity index (χ4v) is 4.38. The van der Waals surface area contributed by atoms with Crippen molar-refractivity contribution in [2.24, 2.45) is 7.05 Å². The molecule has 4 rings (SSSR count). The summed E-state index contributed by atoms with van der Waals surface area (Å²) in [5.41, 5.74) is 2.45. The Labute approximate surface area is 175 Å². The van der Waals surface area contributed by atoms with E-state index in [2.05, 4.69) is 15.2 Å². The molecule has 152 valence electrons. The number of aromatic nitrogens is 5. The van der Waals surface area contributed by atoms with Gasteiger partial charge in [-0.05, 0) is 44.4 Å². The topological polar surface area (TPSA) is 79.7 Å². The molecule has 0 saturated heterocycles. The van der Waals surface area contributed by atoms with Gasteiger partial charge in [0.05, 0.1) is 12.0 Å². The zero-order valence-electron chi connectivity index (χ0n) is 16.9.